The topological polar surface area (TPSA) is 134 Å². The van der Waals surface area contributed by atoms with Crippen LogP contribution < -0.4 is 5.73 Å². The molecule has 2 aromatic heterocycles. The zero-order valence-corrected chi connectivity index (χ0v) is 20.7. The summed E-state index contributed by atoms with van der Waals surface area (Å²) in [6, 6.07) is 17.2. The Labute approximate surface area is 222 Å². The fraction of sp³-hybridized carbons (Fsp3) is 0.250. The van der Waals surface area contributed by atoms with Gasteiger partial charge in [0.2, 0.25) is 0 Å². The molecule has 204 valence electrons. The maximum Gasteiger partial charge on any atom is 0.416 e. The first kappa shape index (κ1) is 27.8. The van der Waals surface area contributed by atoms with Crippen molar-refractivity contribution in [2.45, 2.75) is 44.2 Å². The summed E-state index contributed by atoms with van der Waals surface area (Å²) in [5, 5.41) is 29.4. The van der Waals surface area contributed by atoms with Gasteiger partial charge in [-0.1, -0.05) is 42.5 Å². The molecule has 0 radical (unpaired) electrons. The van der Waals surface area contributed by atoms with E-state index in [9.17, 15) is 28.2 Å². The van der Waals surface area contributed by atoms with Crippen LogP contribution in [0.5, 0.6) is 0 Å². The van der Waals surface area contributed by atoms with Crippen LogP contribution in [0, 0.1) is 0 Å². The standard InChI is InChI=1S/C28H27F3N4O4/c29-28(30,31)20-8-4-7-19(13-20)26-25(18-9-11-33-23(32)14-18)34-27(17-5-2-1-3-6-17)35(26)12-10-21(36)15-22(37)16-24(38)39/h1-9,11,13-14,21-22,36-37H,10,12,15-16H2,(H2,32,33)(H,38,39). The van der Waals surface area contributed by atoms with Crippen molar-refractivity contribution in [3.63, 3.8) is 0 Å². The fourth-order valence-electron chi connectivity index (χ4n) is 4.41. The first-order valence-corrected chi connectivity index (χ1v) is 12.2. The van der Waals surface area contributed by atoms with E-state index in [2.05, 4.69) is 4.98 Å². The summed E-state index contributed by atoms with van der Waals surface area (Å²) in [4.78, 5) is 19.7. The molecule has 4 aromatic rings. The van der Waals surface area contributed by atoms with E-state index in [-0.39, 0.29) is 30.8 Å². The molecule has 2 aromatic carbocycles. The minimum atomic E-state index is -4.57. The molecule has 2 heterocycles. The Hall–Kier alpha value is -4.22. The van der Waals surface area contributed by atoms with Gasteiger partial charge in [0, 0.05) is 29.4 Å². The maximum atomic E-state index is 13.7. The van der Waals surface area contributed by atoms with Crippen LogP contribution in [0.1, 0.15) is 24.8 Å². The Morgan fingerprint density at radius 1 is 0.949 bits per heavy atom. The number of alkyl halides is 3. The molecule has 0 aliphatic rings. The molecule has 0 spiro atoms. The number of imidazole rings is 1. The van der Waals surface area contributed by atoms with Gasteiger partial charge in [0.25, 0.3) is 0 Å². The number of hydrogen-bond donors (Lipinski definition) is 4. The summed E-state index contributed by atoms with van der Waals surface area (Å²) in [6.07, 6.45) is -6.01. The Bertz CT molecular complexity index is 1440. The smallest absolute Gasteiger partial charge is 0.416 e. The predicted octanol–water partition coefficient (Wildman–Crippen LogP) is 4.86. The molecule has 0 aliphatic carbocycles. The van der Waals surface area contributed by atoms with Crippen LogP contribution in [-0.2, 0) is 17.5 Å². The van der Waals surface area contributed by atoms with Crippen molar-refractivity contribution in [1.29, 1.82) is 0 Å². The van der Waals surface area contributed by atoms with Crippen molar-refractivity contribution in [2.75, 3.05) is 5.73 Å². The van der Waals surface area contributed by atoms with E-state index in [1.807, 2.05) is 18.2 Å². The number of aromatic nitrogens is 3. The molecule has 39 heavy (non-hydrogen) atoms. The van der Waals surface area contributed by atoms with Crippen LogP contribution in [0.2, 0.25) is 0 Å². The number of nitrogens with zero attached hydrogens (tertiary/aromatic N) is 3. The Morgan fingerprint density at radius 3 is 2.33 bits per heavy atom. The molecule has 8 nitrogen and oxygen atoms in total. The van der Waals surface area contributed by atoms with Crippen LogP contribution in [0.3, 0.4) is 0 Å². The Morgan fingerprint density at radius 2 is 1.67 bits per heavy atom. The number of aliphatic hydroxyl groups is 2. The number of aliphatic carboxylic acids is 1. The second kappa shape index (κ2) is 11.7. The average Bonchev–Trinajstić information content (AvgIpc) is 3.26. The molecule has 0 bridgehead atoms. The van der Waals surface area contributed by atoms with Gasteiger partial charge < -0.3 is 25.6 Å². The average molecular weight is 541 g/mol. The van der Waals surface area contributed by atoms with E-state index in [0.717, 1.165) is 12.1 Å². The van der Waals surface area contributed by atoms with Gasteiger partial charge in [-0.2, -0.15) is 13.2 Å². The van der Waals surface area contributed by atoms with E-state index >= 15 is 0 Å². The number of carboxylic acid groups (broad SMARTS) is 1. The molecule has 11 heteroatoms. The lowest BCUT2D eigenvalue weighted by Crippen LogP contribution is -2.22. The van der Waals surface area contributed by atoms with Crippen LogP contribution >= 0.6 is 0 Å². The molecule has 0 amide bonds. The highest BCUT2D eigenvalue weighted by molar-refractivity contribution is 5.83. The number of carbonyl (C=O) groups is 1. The SMILES string of the molecule is Nc1cc(-c2nc(-c3ccccc3)n(CCC(O)CC(O)CC(=O)O)c2-c2cccc(C(F)(F)F)c2)ccn1. The number of anilines is 1. The van der Waals surface area contributed by atoms with E-state index in [1.54, 1.807) is 34.9 Å². The summed E-state index contributed by atoms with van der Waals surface area (Å²) in [7, 11) is 0. The molecule has 0 saturated carbocycles. The van der Waals surface area contributed by atoms with Crippen molar-refractivity contribution in [3.05, 3.63) is 78.5 Å². The number of carboxylic acids is 1. The first-order valence-electron chi connectivity index (χ1n) is 12.2. The van der Waals surface area contributed by atoms with Crippen LogP contribution in [0.4, 0.5) is 19.0 Å². The molecule has 4 rings (SSSR count). The highest BCUT2D eigenvalue weighted by atomic mass is 19.4. The molecular weight excluding hydrogens is 513 g/mol. The Balaban J connectivity index is 1.87. The van der Waals surface area contributed by atoms with E-state index in [1.165, 1.54) is 12.3 Å². The number of nitrogens with two attached hydrogens (primary N) is 1. The van der Waals surface area contributed by atoms with Crippen LogP contribution in [0.25, 0.3) is 33.9 Å². The number of pyridine rings is 1. The zero-order valence-electron chi connectivity index (χ0n) is 20.7. The summed E-state index contributed by atoms with van der Waals surface area (Å²) in [5.41, 5.74) is 7.33. The Kier molecular flexibility index (Phi) is 8.32. The lowest BCUT2D eigenvalue weighted by atomic mass is 10.0. The van der Waals surface area contributed by atoms with Gasteiger partial charge in [-0.25, -0.2) is 9.97 Å². The van der Waals surface area contributed by atoms with E-state index in [0.29, 0.717) is 28.3 Å². The third kappa shape index (κ3) is 6.81. The monoisotopic (exact) mass is 540 g/mol. The summed E-state index contributed by atoms with van der Waals surface area (Å²) < 4.78 is 42.7. The van der Waals surface area contributed by atoms with E-state index < -0.39 is 36.3 Å². The van der Waals surface area contributed by atoms with Gasteiger partial charge in [-0.05, 0) is 37.1 Å². The molecule has 2 atom stereocenters. The summed E-state index contributed by atoms with van der Waals surface area (Å²) >= 11 is 0. The van der Waals surface area contributed by atoms with Crippen LogP contribution in [0.15, 0.2) is 72.9 Å². The third-order valence-electron chi connectivity index (χ3n) is 6.16. The lowest BCUT2D eigenvalue weighted by Gasteiger charge is -2.18. The minimum absolute atomic E-state index is 0.0801. The predicted molar refractivity (Wildman–Crippen MR) is 139 cm³/mol. The normalized spacial score (nSPS) is 13.3. The molecular formula is C28H27F3N4O4. The quantitative estimate of drug-likeness (QED) is 0.226. The van der Waals surface area contributed by atoms with Crippen molar-refractivity contribution >= 4 is 11.8 Å². The van der Waals surface area contributed by atoms with Crippen molar-refractivity contribution in [1.82, 2.24) is 14.5 Å². The molecule has 0 fully saturated rings. The van der Waals surface area contributed by atoms with Gasteiger partial charge in [-0.15, -0.1) is 0 Å². The highest BCUT2D eigenvalue weighted by Gasteiger charge is 2.31. The molecule has 0 saturated heterocycles. The van der Waals surface area contributed by atoms with Gasteiger partial charge in [-0.3, -0.25) is 4.79 Å². The number of halogens is 3. The largest absolute Gasteiger partial charge is 0.481 e. The molecule has 0 aliphatic heterocycles. The van der Waals surface area contributed by atoms with Gasteiger partial charge in [0.1, 0.15) is 11.6 Å². The number of aliphatic hydroxyl groups excluding tert-OH is 2. The first-order chi connectivity index (χ1) is 18.5. The number of rotatable bonds is 10. The van der Waals surface area contributed by atoms with Gasteiger partial charge >= 0.3 is 12.1 Å². The van der Waals surface area contributed by atoms with Crippen molar-refractivity contribution in [2.24, 2.45) is 0 Å². The van der Waals surface area contributed by atoms with E-state index in [4.69, 9.17) is 15.8 Å². The minimum Gasteiger partial charge on any atom is -0.481 e. The van der Waals surface area contributed by atoms with Gasteiger partial charge in [0.05, 0.1) is 35.6 Å². The lowest BCUT2D eigenvalue weighted by molar-refractivity contribution is -0.139. The van der Waals surface area contributed by atoms with Crippen LogP contribution in [-0.4, -0.2) is 48.0 Å². The number of nitrogen functional groups attached to an aromatic ring is 1. The summed E-state index contributed by atoms with van der Waals surface area (Å²) in [5.74, 6) is -0.531. The second-order valence-electron chi connectivity index (χ2n) is 9.13. The van der Waals surface area contributed by atoms with Crippen molar-refractivity contribution in [3.8, 4) is 33.9 Å². The molecule has 2 unspecified atom stereocenters. The zero-order chi connectivity index (χ0) is 28.2. The molecule has 5 N–H and O–H groups in total. The maximum absolute atomic E-state index is 13.7. The second-order valence-corrected chi connectivity index (χ2v) is 9.13. The summed E-state index contributed by atoms with van der Waals surface area (Å²) in [6.45, 7) is 0.115. The number of hydrogen-bond acceptors (Lipinski definition) is 6. The van der Waals surface area contributed by atoms with Crippen molar-refractivity contribution < 1.29 is 33.3 Å². The number of benzene rings is 2. The highest BCUT2D eigenvalue weighted by Crippen LogP contribution is 2.39. The fourth-order valence-corrected chi connectivity index (χ4v) is 4.41. The third-order valence-corrected chi connectivity index (χ3v) is 6.16. The van der Waals surface area contributed by atoms with Gasteiger partial charge in [0.15, 0.2) is 0 Å².